The summed E-state index contributed by atoms with van der Waals surface area (Å²) in [6.07, 6.45) is 1.50. The first kappa shape index (κ1) is 17.9. The Morgan fingerprint density at radius 2 is 1.74 bits per heavy atom. The van der Waals surface area contributed by atoms with Gasteiger partial charge in [-0.1, -0.05) is 38.1 Å². The number of nitrogens with one attached hydrogen (secondary N) is 2. The Balaban J connectivity index is 0.00000324. The third-order valence-corrected chi connectivity index (χ3v) is 2.95. The first-order valence-electron chi connectivity index (χ1n) is 6.73. The Bertz CT molecular complexity index is 365. The van der Waals surface area contributed by atoms with Crippen molar-refractivity contribution >= 4 is 18.3 Å². The minimum absolute atomic E-state index is 0. The zero-order valence-electron chi connectivity index (χ0n) is 12.0. The molecule has 0 aliphatic heterocycles. The maximum atomic E-state index is 11.7. The predicted molar refractivity (Wildman–Crippen MR) is 82.9 cm³/mol. The van der Waals surface area contributed by atoms with E-state index in [1.54, 1.807) is 0 Å². The fraction of sp³-hybridized carbons (Fsp3) is 0.533. The molecule has 0 saturated carbocycles. The number of amides is 1. The van der Waals surface area contributed by atoms with Gasteiger partial charge in [0.2, 0.25) is 5.91 Å². The normalized spacial score (nSPS) is 11.5. The van der Waals surface area contributed by atoms with Crippen molar-refractivity contribution in [2.45, 2.75) is 39.7 Å². The summed E-state index contributed by atoms with van der Waals surface area (Å²) < 4.78 is 0. The van der Waals surface area contributed by atoms with E-state index in [1.807, 2.05) is 12.1 Å². The number of halogens is 1. The fourth-order valence-corrected chi connectivity index (χ4v) is 1.83. The van der Waals surface area contributed by atoms with E-state index in [0.29, 0.717) is 19.0 Å². The van der Waals surface area contributed by atoms with Gasteiger partial charge >= 0.3 is 0 Å². The van der Waals surface area contributed by atoms with Crippen molar-refractivity contribution in [2.75, 3.05) is 13.1 Å². The Morgan fingerprint density at radius 3 is 2.26 bits per heavy atom. The molecule has 108 valence electrons. The van der Waals surface area contributed by atoms with Crippen LogP contribution < -0.4 is 10.6 Å². The minimum atomic E-state index is 0. The third-order valence-electron chi connectivity index (χ3n) is 2.95. The highest BCUT2D eigenvalue weighted by molar-refractivity contribution is 5.85. The van der Waals surface area contributed by atoms with E-state index in [1.165, 1.54) is 5.56 Å². The highest BCUT2D eigenvalue weighted by Gasteiger charge is 2.05. The smallest absolute Gasteiger partial charge is 0.224 e. The Morgan fingerprint density at radius 1 is 1.16 bits per heavy atom. The first-order valence-corrected chi connectivity index (χ1v) is 6.73. The molecule has 0 saturated heterocycles. The number of likely N-dealkylation sites (N-methyl/N-ethyl adjacent to an activating group) is 1. The monoisotopic (exact) mass is 284 g/mol. The molecule has 0 heterocycles. The fourth-order valence-electron chi connectivity index (χ4n) is 1.83. The lowest BCUT2D eigenvalue weighted by atomic mass is 10.1. The lowest BCUT2D eigenvalue weighted by Gasteiger charge is -2.13. The van der Waals surface area contributed by atoms with Crippen LogP contribution in [0.2, 0.25) is 0 Å². The van der Waals surface area contributed by atoms with Crippen molar-refractivity contribution in [3.63, 3.8) is 0 Å². The van der Waals surface area contributed by atoms with E-state index >= 15 is 0 Å². The molecule has 0 fully saturated rings. The number of carbonyl (C=O) groups excluding carboxylic acids is 1. The summed E-state index contributed by atoms with van der Waals surface area (Å²) in [4.78, 5) is 11.7. The van der Waals surface area contributed by atoms with Gasteiger partial charge < -0.3 is 10.6 Å². The molecule has 1 atom stereocenters. The van der Waals surface area contributed by atoms with Crippen LogP contribution in [0.3, 0.4) is 0 Å². The van der Waals surface area contributed by atoms with Crippen LogP contribution in [0.1, 0.15) is 31.9 Å². The lowest BCUT2D eigenvalue weighted by Crippen LogP contribution is -2.39. The summed E-state index contributed by atoms with van der Waals surface area (Å²) >= 11 is 0. The van der Waals surface area contributed by atoms with E-state index in [9.17, 15) is 4.79 Å². The van der Waals surface area contributed by atoms with E-state index < -0.39 is 0 Å². The van der Waals surface area contributed by atoms with Crippen LogP contribution in [0, 0.1) is 0 Å². The average Bonchev–Trinajstić information content (AvgIpc) is 2.38. The van der Waals surface area contributed by atoms with Gasteiger partial charge in [-0.15, -0.1) is 12.4 Å². The third kappa shape index (κ3) is 7.19. The van der Waals surface area contributed by atoms with Crippen molar-refractivity contribution in [1.29, 1.82) is 0 Å². The molecule has 0 aliphatic rings. The Labute approximate surface area is 122 Å². The molecule has 2 N–H and O–H groups in total. The van der Waals surface area contributed by atoms with Gasteiger partial charge in [-0.05, 0) is 31.0 Å². The molecular formula is C15H25ClN2O. The largest absolute Gasteiger partial charge is 0.354 e. The summed E-state index contributed by atoms with van der Waals surface area (Å²) in [5.74, 6) is 0.0870. The highest BCUT2D eigenvalue weighted by atomic mass is 35.5. The van der Waals surface area contributed by atoms with Gasteiger partial charge in [0.25, 0.3) is 0 Å². The molecule has 0 unspecified atom stereocenters. The van der Waals surface area contributed by atoms with Crippen LogP contribution in [0.15, 0.2) is 24.3 Å². The molecule has 0 aromatic heterocycles. The van der Waals surface area contributed by atoms with Crippen molar-refractivity contribution in [3.05, 3.63) is 35.4 Å². The van der Waals surface area contributed by atoms with Gasteiger partial charge in [0.05, 0.1) is 6.42 Å². The van der Waals surface area contributed by atoms with Gasteiger partial charge in [0.15, 0.2) is 0 Å². The van der Waals surface area contributed by atoms with Gasteiger partial charge in [0, 0.05) is 12.6 Å². The molecule has 1 amide bonds. The van der Waals surface area contributed by atoms with Crippen LogP contribution in [0.25, 0.3) is 0 Å². The molecular weight excluding hydrogens is 260 g/mol. The van der Waals surface area contributed by atoms with Crippen LogP contribution in [0.4, 0.5) is 0 Å². The predicted octanol–water partition coefficient (Wildman–Crippen LogP) is 2.33. The maximum Gasteiger partial charge on any atom is 0.224 e. The van der Waals surface area contributed by atoms with E-state index in [2.05, 4.69) is 43.5 Å². The van der Waals surface area contributed by atoms with Crippen LogP contribution in [0.5, 0.6) is 0 Å². The quantitative estimate of drug-likeness (QED) is 0.807. The van der Waals surface area contributed by atoms with E-state index in [0.717, 1.165) is 18.5 Å². The highest BCUT2D eigenvalue weighted by Crippen LogP contribution is 2.05. The number of rotatable bonds is 7. The van der Waals surface area contributed by atoms with Crippen LogP contribution >= 0.6 is 12.4 Å². The number of carbonyl (C=O) groups is 1. The van der Waals surface area contributed by atoms with Gasteiger partial charge in [-0.3, -0.25) is 4.79 Å². The maximum absolute atomic E-state index is 11.7. The topological polar surface area (TPSA) is 41.1 Å². The number of hydrogen-bond acceptors (Lipinski definition) is 2. The molecule has 0 aliphatic carbocycles. The van der Waals surface area contributed by atoms with Crippen LogP contribution in [-0.4, -0.2) is 25.0 Å². The minimum Gasteiger partial charge on any atom is -0.354 e. The van der Waals surface area contributed by atoms with Crippen molar-refractivity contribution in [3.8, 4) is 0 Å². The Kier molecular flexibility index (Phi) is 9.27. The lowest BCUT2D eigenvalue weighted by molar-refractivity contribution is -0.120. The van der Waals surface area contributed by atoms with E-state index in [-0.39, 0.29) is 18.3 Å². The Hall–Kier alpha value is -1.06. The SMILES string of the molecule is CCN[C@H](C)CNC(=O)Cc1ccc(CC)cc1.Cl. The zero-order chi connectivity index (χ0) is 13.4. The number of hydrogen-bond donors (Lipinski definition) is 2. The standard InChI is InChI=1S/C15H24N2O.ClH/c1-4-13-6-8-14(9-7-13)10-15(18)17-11-12(3)16-5-2;/h6-9,12,16H,4-5,10-11H2,1-3H3,(H,17,18);1H/t12-;/m1./s1. The number of benzene rings is 1. The summed E-state index contributed by atoms with van der Waals surface area (Å²) in [5, 5.41) is 6.21. The van der Waals surface area contributed by atoms with Crippen molar-refractivity contribution in [2.24, 2.45) is 0 Å². The molecule has 0 spiro atoms. The molecule has 4 heteroatoms. The summed E-state index contributed by atoms with van der Waals surface area (Å²) in [5.41, 5.74) is 2.38. The zero-order valence-corrected chi connectivity index (χ0v) is 12.8. The number of aryl methyl sites for hydroxylation is 1. The first-order chi connectivity index (χ1) is 8.65. The average molecular weight is 285 g/mol. The summed E-state index contributed by atoms with van der Waals surface area (Å²) in [7, 11) is 0. The van der Waals surface area contributed by atoms with Crippen LogP contribution in [-0.2, 0) is 17.6 Å². The second-order valence-electron chi connectivity index (χ2n) is 4.61. The van der Waals surface area contributed by atoms with Crippen molar-refractivity contribution < 1.29 is 4.79 Å². The van der Waals surface area contributed by atoms with Gasteiger partial charge in [-0.2, -0.15) is 0 Å². The molecule has 1 aromatic rings. The van der Waals surface area contributed by atoms with Gasteiger partial charge in [0.1, 0.15) is 0 Å². The molecule has 19 heavy (non-hydrogen) atoms. The molecule has 1 aromatic carbocycles. The second-order valence-corrected chi connectivity index (χ2v) is 4.61. The van der Waals surface area contributed by atoms with Crippen molar-refractivity contribution in [1.82, 2.24) is 10.6 Å². The molecule has 0 bridgehead atoms. The second kappa shape index (κ2) is 9.82. The summed E-state index contributed by atoms with van der Waals surface area (Å²) in [6, 6.07) is 8.56. The molecule has 3 nitrogen and oxygen atoms in total. The van der Waals surface area contributed by atoms with E-state index in [4.69, 9.17) is 0 Å². The molecule has 0 radical (unpaired) electrons. The summed E-state index contributed by atoms with van der Waals surface area (Å²) in [6.45, 7) is 7.87. The molecule has 1 rings (SSSR count). The van der Waals surface area contributed by atoms with Gasteiger partial charge in [-0.25, -0.2) is 0 Å².